The van der Waals surface area contributed by atoms with Crippen molar-refractivity contribution < 1.29 is 19.6 Å². The fourth-order valence-corrected chi connectivity index (χ4v) is 5.66. The lowest BCUT2D eigenvalue weighted by atomic mass is 9.84. The number of anilines is 1. The number of benzene rings is 2. The Kier molecular flexibility index (Phi) is 5.27. The number of morpholine rings is 1. The van der Waals surface area contributed by atoms with Crippen LogP contribution in [0.2, 0.25) is 0 Å². The Hall–Kier alpha value is -2.57. The quantitative estimate of drug-likeness (QED) is 0.566. The number of aliphatic hydroxyl groups excluding tert-OH is 1. The molecule has 32 heavy (non-hydrogen) atoms. The summed E-state index contributed by atoms with van der Waals surface area (Å²) in [7, 11) is 0. The van der Waals surface area contributed by atoms with E-state index in [4.69, 9.17) is 9.47 Å². The van der Waals surface area contributed by atoms with Crippen LogP contribution >= 0.6 is 0 Å². The van der Waals surface area contributed by atoms with Gasteiger partial charge < -0.3 is 19.5 Å². The zero-order valence-corrected chi connectivity index (χ0v) is 18.5. The summed E-state index contributed by atoms with van der Waals surface area (Å²) in [5.74, 6) is 1.83. The van der Waals surface area contributed by atoms with Gasteiger partial charge in [-0.3, -0.25) is 4.90 Å². The Morgan fingerprint density at radius 1 is 0.938 bits per heavy atom. The normalized spacial score (nSPS) is 29.6. The Labute approximate surface area is 189 Å². The third-order valence-electron chi connectivity index (χ3n) is 7.61. The lowest BCUT2D eigenvalue weighted by Gasteiger charge is -2.40. The second kappa shape index (κ2) is 8.41. The van der Waals surface area contributed by atoms with Gasteiger partial charge in [-0.1, -0.05) is 24.3 Å². The monoisotopic (exact) mass is 434 g/mol. The highest BCUT2D eigenvalue weighted by molar-refractivity contribution is 5.76. The van der Waals surface area contributed by atoms with Crippen LogP contribution in [-0.4, -0.2) is 74.0 Å². The van der Waals surface area contributed by atoms with Crippen LogP contribution in [0.1, 0.15) is 18.4 Å². The number of nitrogens with zero attached hydrogens (tertiary/aromatic N) is 2. The number of fused-ring (bicyclic) bond motifs is 4. The van der Waals surface area contributed by atoms with Gasteiger partial charge in [0.25, 0.3) is 0 Å². The van der Waals surface area contributed by atoms with Gasteiger partial charge in [-0.05, 0) is 60.8 Å². The van der Waals surface area contributed by atoms with Gasteiger partial charge in [0.2, 0.25) is 6.10 Å². The van der Waals surface area contributed by atoms with Gasteiger partial charge in [0.1, 0.15) is 5.75 Å². The van der Waals surface area contributed by atoms with Crippen molar-refractivity contribution in [3.8, 4) is 16.9 Å². The molecule has 0 spiro atoms. The Bertz CT molecular complexity index is 992. The van der Waals surface area contributed by atoms with Crippen molar-refractivity contribution in [2.45, 2.75) is 31.4 Å². The van der Waals surface area contributed by atoms with Crippen molar-refractivity contribution in [3.63, 3.8) is 0 Å². The van der Waals surface area contributed by atoms with Crippen molar-refractivity contribution in [2.24, 2.45) is 5.92 Å². The summed E-state index contributed by atoms with van der Waals surface area (Å²) in [4.78, 5) is 8.26. The molecule has 0 amide bonds. The first-order valence-electron chi connectivity index (χ1n) is 12.0. The number of nitrogens with one attached hydrogen (secondary N) is 1. The second-order valence-corrected chi connectivity index (χ2v) is 9.55. The lowest BCUT2D eigenvalue weighted by Crippen LogP contribution is -2.87. The Morgan fingerprint density at radius 2 is 1.69 bits per heavy atom. The van der Waals surface area contributed by atoms with Gasteiger partial charge in [0, 0.05) is 31.1 Å². The van der Waals surface area contributed by atoms with Crippen LogP contribution in [0.25, 0.3) is 11.1 Å². The summed E-state index contributed by atoms with van der Waals surface area (Å²) in [5.41, 5.74) is 4.72. The fraction of sp³-hybridized carbons (Fsp3) is 0.500. The number of hydrogen-bond acceptors (Lipinski definition) is 4. The summed E-state index contributed by atoms with van der Waals surface area (Å²) in [6.07, 6.45) is 2.86. The van der Waals surface area contributed by atoms with Gasteiger partial charge >= 0.3 is 5.90 Å². The molecular weight excluding hydrogens is 402 g/mol. The molecule has 0 radical (unpaired) electrons. The van der Waals surface area contributed by atoms with E-state index < -0.39 is 0 Å². The maximum atomic E-state index is 10.8. The summed E-state index contributed by atoms with van der Waals surface area (Å²) >= 11 is 0. The summed E-state index contributed by atoms with van der Waals surface area (Å²) < 4.78 is 11.6. The molecule has 4 fully saturated rings. The predicted octanol–water partition coefficient (Wildman–Crippen LogP) is 1.63. The zero-order valence-electron chi connectivity index (χ0n) is 18.5. The van der Waals surface area contributed by atoms with E-state index in [1.165, 1.54) is 37.2 Å². The minimum absolute atomic E-state index is 0.288. The van der Waals surface area contributed by atoms with Gasteiger partial charge in [0.05, 0.1) is 19.8 Å². The first-order chi connectivity index (χ1) is 15.7. The molecule has 4 saturated heterocycles. The van der Waals surface area contributed by atoms with Gasteiger partial charge in [0.15, 0.2) is 6.04 Å². The average Bonchev–Trinajstić information content (AvgIpc) is 3.29. The Morgan fingerprint density at radius 3 is 2.41 bits per heavy atom. The molecule has 2 atom stereocenters. The van der Waals surface area contributed by atoms with Crippen LogP contribution in [-0.2, 0) is 11.2 Å². The average molecular weight is 435 g/mol. The first kappa shape index (κ1) is 20.1. The molecule has 7 rings (SSSR count). The minimum atomic E-state index is -0.306. The third kappa shape index (κ3) is 3.86. The molecule has 5 aliphatic rings. The molecule has 6 nitrogen and oxygen atoms in total. The van der Waals surface area contributed by atoms with E-state index in [1.807, 2.05) is 0 Å². The van der Waals surface area contributed by atoms with E-state index in [2.05, 4.69) is 57.3 Å². The van der Waals surface area contributed by atoms with E-state index in [0.29, 0.717) is 18.4 Å². The smallest absolute Gasteiger partial charge is 0.375 e. The van der Waals surface area contributed by atoms with Gasteiger partial charge in [-0.15, -0.1) is 0 Å². The molecule has 2 bridgehead atoms. The van der Waals surface area contributed by atoms with Crippen molar-refractivity contribution in [2.75, 3.05) is 50.8 Å². The highest BCUT2D eigenvalue weighted by Crippen LogP contribution is 2.34. The molecule has 0 aromatic heterocycles. The zero-order chi connectivity index (χ0) is 21.5. The van der Waals surface area contributed by atoms with Crippen LogP contribution < -0.4 is 14.6 Å². The molecule has 5 heterocycles. The van der Waals surface area contributed by atoms with Gasteiger partial charge in [-0.2, -0.15) is 0 Å². The van der Waals surface area contributed by atoms with E-state index in [1.54, 1.807) is 0 Å². The van der Waals surface area contributed by atoms with Crippen LogP contribution in [0.4, 0.5) is 5.69 Å². The van der Waals surface area contributed by atoms with Crippen LogP contribution in [0.5, 0.6) is 5.75 Å². The SMILES string of the molecule is OC(=[NH+][C@H]1CN2CCC1CC2)C1Cc2ccc(-c3ccc(N4CCOCC4)cc3)cc2O1. The van der Waals surface area contributed by atoms with Crippen molar-refractivity contribution >= 4 is 11.6 Å². The standard InChI is InChI=1S/C26H31N3O3/c30-26(27-23-17-28-9-7-19(23)8-10-28)25-16-21-2-1-20(15-24(21)32-25)18-3-5-22(6-4-18)29-11-13-31-14-12-29/h1-6,15,19,23,25H,7-14,16-17H2,(H,27,30)/p+1/t23-,25?/m0/s1. The predicted molar refractivity (Wildman–Crippen MR) is 125 cm³/mol. The van der Waals surface area contributed by atoms with E-state index >= 15 is 0 Å². The van der Waals surface area contributed by atoms with Crippen molar-refractivity contribution in [3.05, 3.63) is 48.0 Å². The van der Waals surface area contributed by atoms with Crippen molar-refractivity contribution in [1.82, 2.24) is 4.90 Å². The molecule has 2 aromatic rings. The highest BCUT2D eigenvalue weighted by atomic mass is 16.5. The number of ether oxygens (including phenoxy) is 2. The fourth-order valence-electron chi connectivity index (χ4n) is 5.66. The number of hydrogen-bond donors (Lipinski definition) is 2. The summed E-state index contributed by atoms with van der Waals surface area (Å²) in [5, 5.41) is 10.8. The minimum Gasteiger partial charge on any atom is -0.475 e. The van der Waals surface area contributed by atoms with Crippen LogP contribution in [0.3, 0.4) is 0 Å². The maximum Gasteiger partial charge on any atom is 0.375 e. The molecular formula is C26H32N3O3+. The molecule has 0 saturated carbocycles. The topological polar surface area (TPSA) is 59.1 Å². The van der Waals surface area contributed by atoms with E-state index in [9.17, 15) is 5.11 Å². The Balaban J connectivity index is 1.15. The largest absolute Gasteiger partial charge is 0.475 e. The third-order valence-corrected chi connectivity index (χ3v) is 7.61. The first-order valence-corrected chi connectivity index (χ1v) is 12.0. The number of aliphatic hydroxyl groups is 1. The van der Waals surface area contributed by atoms with Gasteiger partial charge in [-0.25, -0.2) is 4.99 Å². The van der Waals surface area contributed by atoms with Crippen LogP contribution in [0, 0.1) is 5.92 Å². The summed E-state index contributed by atoms with van der Waals surface area (Å²) in [6, 6.07) is 15.5. The molecule has 0 aliphatic carbocycles. The molecule has 5 aliphatic heterocycles. The summed E-state index contributed by atoms with van der Waals surface area (Å²) in [6.45, 7) is 6.91. The highest BCUT2D eigenvalue weighted by Gasteiger charge is 2.40. The van der Waals surface area contributed by atoms with E-state index in [-0.39, 0.29) is 12.0 Å². The lowest BCUT2D eigenvalue weighted by molar-refractivity contribution is -0.532. The van der Waals surface area contributed by atoms with Crippen molar-refractivity contribution in [1.29, 1.82) is 0 Å². The molecule has 2 N–H and O–H groups in total. The molecule has 6 heteroatoms. The maximum absolute atomic E-state index is 10.8. The molecule has 2 aromatic carbocycles. The van der Waals surface area contributed by atoms with E-state index in [0.717, 1.165) is 49.7 Å². The molecule has 168 valence electrons. The number of piperidine rings is 3. The van der Waals surface area contributed by atoms with Crippen LogP contribution in [0.15, 0.2) is 42.5 Å². The number of rotatable bonds is 4. The molecule has 1 unspecified atom stereocenters. The second-order valence-electron chi connectivity index (χ2n) is 9.55.